The van der Waals surface area contributed by atoms with Crippen molar-refractivity contribution in [3.8, 4) is 11.6 Å². The number of nitrogens with zero attached hydrogens (tertiary/aromatic N) is 1. The van der Waals surface area contributed by atoms with Crippen LogP contribution in [0.15, 0.2) is 12.3 Å². The Labute approximate surface area is 102 Å². The van der Waals surface area contributed by atoms with E-state index in [9.17, 15) is 13.2 Å². The Morgan fingerprint density at radius 1 is 1.39 bits per heavy atom. The van der Waals surface area contributed by atoms with Gasteiger partial charge in [0.05, 0.1) is 13.3 Å². The van der Waals surface area contributed by atoms with E-state index >= 15 is 0 Å². The second-order valence-corrected chi connectivity index (χ2v) is 4.20. The zero-order valence-corrected chi connectivity index (χ0v) is 9.70. The molecule has 0 saturated heterocycles. The van der Waals surface area contributed by atoms with Gasteiger partial charge in [0.2, 0.25) is 5.88 Å². The number of nitrogens with two attached hydrogens (primary N) is 1. The third-order valence-electron chi connectivity index (χ3n) is 2.76. The average molecular weight is 262 g/mol. The molecule has 18 heavy (non-hydrogen) atoms. The summed E-state index contributed by atoms with van der Waals surface area (Å²) in [7, 11) is 1.14. The highest BCUT2D eigenvalue weighted by Gasteiger charge is 2.36. The van der Waals surface area contributed by atoms with Crippen molar-refractivity contribution in [3.05, 3.63) is 17.8 Å². The summed E-state index contributed by atoms with van der Waals surface area (Å²) in [5.41, 5.74) is 4.63. The van der Waals surface area contributed by atoms with Crippen molar-refractivity contribution >= 4 is 0 Å². The Balaban J connectivity index is 2.17. The van der Waals surface area contributed by atoms with Gasteiger partial charge in [0.15, 0.2) is 0 Å². The van der Waals surface area contributed by atoms with Crippen LogP contribution in [0.1, 0.15) is 18.4 Å². The topological polar surface area (TPSA) is 57.4 Å². The number of alkyl halides is 3. The normalized spacial score (nSPS) is 23.4. The van der Waals surface area contributed by atoms with E-state index in [-0.39, 0.29) is 17.9 Å². The molecule has 1 aliphatic rings. The maximum Gasteiger partial charge on any atom is 0.421 e. The van der Waals surface area contributed by atoms with E-state index in [0.717, 1.165) is 13.2 Å². The Morgan fingerprint density at radius 2 is 2.06 bits per heavy atom. The second-order valence-electron chi connectivity index (χ2n) is 4.20. The van der Waals surface area contributed by atoms with Crippen molar-refractivity contribution in [2.24, 2.45) is 5.73 Å². The van der Waals surface area contributed by atoms with Crippen LogP contribution in [0.25, 0.3) is 0 Å². The number of rotatable bonds is 3. The number of ether oxygens (including phenoxy) is 2. The summed E-state index contributed by atoms with van der Waals surface area (Å²) in [6, 6.07) is 0.971. The van der Waals surface area contributed by atoms with Crippen molar-refractivity contribution in [2.45, 2.75) is 31.2 Å². The van der Waals surface area contributed by atoms with Gasteiger partial charge in [-0.15, -0.1) is 0 Å². The highest BCUT2D eigenvalue weighted by atomic mass is 19.4. The molecule has 1 heterocycles. The molecule has 0 unspecified atom stereocenters. The first-order valence-corrected chi connectivity index (χ1v) is 5.43. The van der Waals surface area contributed by atoms with Gasteiger partial charge in [-0.3, -0.25) is 0 Å². The minimum absolute atomic E-state index is 0.0725. The van der Waals surface area contributed by atoms with Crippen LogP contribution in [0.4, 0.5) is 13.2 Å². The molecule has 1 aromatic rings. The van der Waals surface area contributed by atoms with Gasteiger partial charge in [-0.2, -0.15) is 13.2 Å². The van der Waals surface area contributed by atoms with Crippen LogP contribution in [0.3, 0.4) is 0 Å². The fourth-order valence-electron chi connectivity index (χ4n) is 1.76. The maximum atomic E-state index is 12.7. The molecule has 0 aromatic carbocycles. The van der Waals surface area contributed by atoms with Crippen LogP contribution in [0.5, 0.6) is 11.6 Å². The lowest BCUT2D eigenvalue weighted by Gasteiger charge is -2.32. The maximum absolute atomic E-state index is 12.7. The van der Waals surface area contributed by atoms with Crippen molar-refractivity contribution in [1.29, 1.82) is 0 Å². The van der Waals surface area contributed by atoms with Gasteiger partial charge in [0, 0.05) is 6.04 Å². The van der Waals surface area contributed by atoms with Crippen LogP contribution in [0, 0.1) is 0 Å². The summed E-state index contributed by atoms with van der Waals surface area (Å²) in [5, 5.41) is 0. The van der Waals surface area contributed by atoms with Gasteiger partial charge in [0.1, 0.15) is 17.4 Å². The predicted octanol–water partition coefficient (Wildman–Crippen LogP) is 1.98. The Hall–Kier alpha value is -1.50. The van der Waals surface area contributed by atoms with Gasteiger partial charge in [0.25, 0.3) is 0 Å². The van der Waals surface area contributed by atoms with E-state index in [2.05, 4.69) is 9.72 Å². The Kier molecular flexibility index (Phi) is 3.34. The summed E-state index contributed by atoms with van der Waals surface area (Å²) < 4.78 is 48.1. The fourth-order valence-corrected chi connectivity index (χ4v) is 1.76. The van der Waals surface area contributed by atoms with Crippen LogP contribution >= 0.6 is 0 Å². The molecule has 2 N–H and O–H groups in total. The molecule has 0 atom stereocenters. The Bertz CT molecular complexity index is 431. The van der Waals surface area contributed by atoms with Gasteiger partial charge >= 0.3 is 6.18 Å². The van der Waals surface area contributed by atoms with E-state index in [4.69, 9.17) is 10.5 Å². The molecule has 2 rings (SSSR count). The first-order valence-electron chi connectivity index (χ1n) is 5.43. The SMILES string of the molecule is COc1ncc(OC2CC(N)C2)cc1C(F)(F)F. The monoisotopic (exact) mass is 262 g/mol. The predicted molar refractivity (Wildman–Crippen MR) is 57.4 cm³/mol. The highest BCUT2D eigenvalue weighted by Crippen LogP contribution is 2.37. The molecular weight excluding hydrogens is 249 g/mol. The smallest absolute Gasteiger partial charge is 0.421 e. The average Bonchev–Trinajstić information content (AvgIpc) is 2.26. The summed E-state index contributed by atoms with van der Waals surface area (Å²) in [6.45, 7) is 0. The van der Waals surface area contributed by atoms with Gasteiger partial charge in [-0.1, -0.05) is 0 Å². The minimum atomic E-state index is -4.52. The van der Waals surface area contributed by atoms with Gasteiger partial charge in [-0.25, -0.2) is 4.98 Å². The van der Waals surface area contributed by atoms with E-state index in [1.807, 2.05) is 0 Å². The Morgan fingerprint density at radius 3 is 2.56 bits per heavy atom. The molecule has 0 aliphatic heterocycles. The molecule has 0 amide bonds. The van der Waals surface area contributed by atoms with Crippen LogP contribution < -0.4 is 15.2 Å². The molecule has 0 bridgehead atoms. The molecular formula is C11H13F3N2O2. The first-order chi connectivity index (χ1) is 8.40. The van der Waals surface area contributed by atoms with E-state index in [1.54, 1.807) is 0 Å². The van der Waals surface area contributed by atoms with Crippen molar-refractivity contribution in [2.75, 3.05) is 7.11 Å². The largest absolute Gasteiger partial charge is 0.489 e. The highest BCUT2D eigenvalue weighted by molar-refractivity contribution is 5.35. The molecule has 1 saturated carbocycles. The summed E-state index contributed by atoms with van der Waals surface area (Å²) in [6.07, 6.45) is -2.14. The van der Waals surface area contributed by atoms with Crippen molar-refractivity contribution in [3.63, 3.8) is 0 Å². The second kappa shape index (κ2) is 4.64. The number of methoxy groups -OCH3 is 1. The van der Waals surface area contributed by atoms with Crippen LogP contribution in [0.2, 0.25) is 0 Å². The quantitative estimate of drug-likeness (QED) is 0.904. The number of hydrogen-bond acceptors (Lipinski definition) is 4. The fraction of sp³-hybridized carbons (Fsp3) is 0.545. The summed E-state index contributed by atoms with van der Waals surface area (Å²) >= 11 is 0. The number of pyridine rings is 1. The molecule has 0 spiro atoms. The molecule has 1 fully saturated rings. The molecule has 100 valence electrons. The first kappa shape index (κ1) is 12.9. The lowest BCUT2D eigenvalue weighted by molar-refractivity contribution is -0.139. The minimum Gasteiger partial charge on any atom is -0.489 e. The number of hydrogen-bond donors (Lipinski definition) is 1. The molecule has 4 nitrogen and oxygen atoms in total. The van der Waals surface area contributed by atoms with Gasteiger partial charge < -0.3 is 15.2 Å². The lowest BCUT2D eigenvalue weighted by atomic mass is 9.90. The molecule has 0 radical (unpaired) electrons. The van der Waals surface area contributed by atoms with Crippen molar-refractivity contribution in [1.82, 2.24) is 4.98 Å². The summed E-state index contributed by atoms with van der Waals surface area (Å²) in [4.78, 5) is 3.60. The standard InChI is InChI=1S/C11H13F3N2O2/c1-17-10-9(11(12,13)14)4-8(5-16-10)18-7-2-6(15)3-7/h4-7H,2-3,15H2,1H3. The van der Waals surface area contributed by atoms with Gasteiger partial charge in [-0.05, 0) is 18.9 Å². The molecule has 7 heteroatoms. The number of halogens is 3. The third-order valence-corrected chi connectivity index (χ3v) is 2.76. The zero-order valence-electron chi connectivity index (χ0n) is 9.70. The van der Waals surface area contributed by atoms with E-state index in [1.165, 1.54) is 6.20 Å². The van der Waals surface area contributed by atoms with Crippen molar-refractivity contribution < 1.29 is 22.6 Å². The molecule has 1 aliphatic carbocycles. The lowest BCUT2D eigenvalue weighted by Crippen LogP contribution is -2.43. The third kappa shape index (κ3) is 2.66. The number of aromatic nitrogens is 1. The summed E-state index contributed by atoms with van der Waals surface area (Å²) in [5.74, 6) is -0.375. The van der Waals surface area contributed by atoms with Crippen LogP contribution in [-0.4, -0.2) is 24.2 Å². The van der Waals surface area contributed by atoms with Crippen LogP contribution in [-0.2, 0) is 6.18 Å². The van der Waals surface area contributed by atoms with E-state index in [0.29, 0.717) is 12.8 Å². The molecule has 1 aromatic heterocycles. The van der Waals surface area contributed by atoms with E-state index < -0.39 is 17.6 Å². The zero-order chi connectivity index (χ0) is 13.3.